The highest BCUT2D eigenvalue weighted by molar-refractivity contribution is 5.42. The predicted molar refractivity (Wildman–Crippen MR) is 95.6 cm³/mol. The first-order valence-corrected chi connectivity index (χ1v) is 7.68. The Balaban J connectivity index is 0. The smallest absolute Gasteiger partial charge is 0.204 e. The minimum absolute atomic E-state index is 0.238. The molecule has 2 atom stereocenters. The first-order valence-electron chi connectivity index (χ1n) is 7.68. The number of nitrogens with two attached hydrogens (primary N) is 1. The first kappa shape index (κ1) is 23.2. The summed E-state index contributed by atoms with van der Waals surface area (Å²) >= 11 is 0. The molecule has 0 aliphatic carbocycles. The second-order valence-electron chi connectivity index (χ2n) is 4.81. The van der Waals surface area contributed by atoms with Gasteiger partial charge in [-0.2, -0.15) is 0 Å². The molecule has 0 aliphatic heterocycles. The fourth-order valence-electron chi connectivity index (χ4n) is 1.64. The van der Waals surface area contributed by atoms with Crippen LogP contribution >= 0.6 is 0 Å². The van der Waals surface area contributed by atoms with Crippen LogP contribution in [-0.2, 0) is 11.2 Å². The third-order valence-electron chi connectivity index (χ3n) is 2.80. The van der Waals surface area contributed by atoms with Gasteiger partial charge in [-0.1, -0.05) is 55.7 Å². The third-order valence-corrected chi connectivity index (χ3v) is 2.80. The number of aliphatic hydroxyl groups is 2. The predicted octanol–water partition coefficient (Wildman–Crippen LogP) is 2.44. The van der Waals surface area contributed by atoms with Crippen molar-refractivity contribution in [3.05, 3.63) is 48.6 Å². The van der Waals surface area contributed by atoms with Gasteiger partial charge in [-0.05, 0) is 31.2 Å². The van der Waals surface area contributed by atoms with Gasteiger partial charge in [-0.15, -0.1) is 13.0 Å². The summed E-state index contributed by atoms with van der Waals surface area (Å²) in [5.41, 5.74) is 5.45. The normalized spacial score (nSPS) is 11.4. The maximum atomic E-state index is 9.44. The number of hydrogen-bond donors (Lipinski definition) is 3. The van der Waals surface area contributed by atoms with Crippen molar-refractivity contribution in [2.24, 2.45) is 5.73 Å². The Bertz CT molecular complexity index is 426. The topological polar surface area (TPSA) is 83.6 Å². The fraction of sp³-hybridized carbons (Fsp3) is 0.421. The monoisotopic (exact) mass is 319 g/mol. The standard InChI is InChI=1S/C12H16O.C6H10O.CH3NO/c1-2-6-12(13)10-9-11-7-4-3-5-8-11;1-3-5-6(7)4-2;2-1-3/h2-5,7-8,12-13H,1,6,9-10H2;2,6-7H,3,5H2,1H3;1H,(H2,2,3). The molecule has 2 unspecified atom stereocenters. The zero-order chi connectivity index (χ0) is 17.9. The van der Waals surface area contributed by atoms with Crippen molar-refractivity contribution in [1.29, 1.82) is 0 Å². The minimum atomic E-state index is -0.523. The summed E-state index contributed by atoms with van der Waals surface area (Å²) in [6.07, 6.45) is 10.2. The molecule has 4 nitrogen and oxygen atoms in total. The van der Waals surface area contributed by atoms with Crippen LogP contribution in [0.1, 0.15) is 38.2 Å². The molecule has 4 N–H and O–H groups in total. The van der Waals surface area contributed by atoms with Gasteiger partial charge in [0, 0.05) is 0 Å². The van der Waals surface area contributed by atoms with Crippen molar-refractivity contribution in [1.82, 2.24) is 0 Å². The van der Waals surface area contributed by atoms with Crippen LogP contribution in [0.25, 0.3) is 0 Å². The van der Waals surface area contributed by atoms with E-state index >= 15 is 0 Å². The number of carbonyl (C=O) groups is 1. The number of rotatable bonds is 7. The van der Waals surface area contributed by atoms with E-state index in [4.69, 9.17) is 16.3 Å². The highest BCUT2D eigenvalue weighted by atomic mass is 16.3. The van der Waals surface area contributed by atoms with Crippen LogP contribution in [0.2, 0.25) is 0 Å². The number of aryl methyl sites for hydroxylation is 1. The lowest BCUT2D eigenvalue weighted by molar-refractivity contribution is -0.106. The molecule has 0 saturated heterocycles. The summed E-state index contributed by atoms with van der Waals surface area (Å²) in [6, 6.07) is 10.2. The Kier molecular flexibility index (Phi) is 18.1. The SMILES string of the molecule is C#CC(O)CCC.C=CCC(O)CCc1ccccc1.NC=O. The lowest BCUT2D eigenvalue weighted by Gasteiger charge is -2.06. The number of benzene rings is 1. The van der Waals surface area contributed by atoms with Gasteiger partial charge in [0.1, 0.15) is 6.10 Å². The van der Waals surface area contributed by atoms with E-state index in [0.717, 1.165) is 25.7 Å². The van der Waals surface area contributed by atoms with Crippen LogP contribution in [0, 0.1) is 12.3 Å². The Morgan fingerprint density at radius 1 is 1.30 bits per heavy atom. The van der Waals surface area contributed by atoms with Gasteiger partial charge in [0.25, 0.3) is 0 Å². The van der Waals surface area contributed by atoms with Gasteiger partial charge in [0.2, 0.25) is 6.41 Å². The summed E-state index contributed by atoms with van der Waals surface area (Å²) in [4.78, 5) is 8.58. The number of carbonyl (C=O) groups excluding carboxylic acids is 1. The number of primary amides is 1. The zero-order valence-electron chi connectivity index (χ0n) is 13.9. The van der Waals surface area contributed by atoms with E-state index in [1.54, 1.807) is 6.08 Å². The maximum Gasteiger partial charge on any atom is 0.204 e. The summed E-state index contributed by atoms with van der Waals surface area (Å²) < 4.78 is 0. The molecule has 1 aromatic carbocycles. The Hall–Kier alpha value is -2.09. The van der Waals surface area contributed by atoms with E-state index in [1.807, 2.05) is 25.1 Å². The summed E-state index contributed by atoms with van der Waals surface area (Å²) in [5.74, 6) is 2.22. The van der Waals surface area contributed by atoms with Crippen LogP contribution in [-0.4, -0.2) is 28.8 Å². The van der Waals surface area contributed by atoms with Crippen molar-refractivity contribution in [3.8, 4) is 12.3 Å². The average molecular weight is 319 g/mol. The van der Waals surface area contributed by atoms with Crippen molar-refractivity contribution in [2.75, 3.05) is 0 Å². The van der Waals surface area contributed by atoms with E-state index in [-0.39, 0.29) is 12.5 Å². The highest BCUT2D eigenvalue weighted by Gasteiger charge is 2.01. The van der Waals surface area contributed by atoms with Crippen molar-refractivity contribution in [3.63, 3.8) is 0 Å². The largest absolute Gasteiger partial charge is 0.393 e. The average Bonchev–Trinajstić information content (AvgIpc) is 2.56. The molecule has 0 saturated carbocycles. The fourth-order valence-corrected chi connectivity index (χ4v) is 1.64. The van der Waals surface area contributed by atoms with Crippen LogP contribution in [0.15, 0.2) is 43.0 Å². The molecule has 1 aromatic rings. The van der Waals surface area contributed by atoms with Crippen LogP contribution in [0.5, 0.6) is 0 Å². The molecule has 1 amide bonds. The molecule has 128 valence electrons. The summed E-state index contributed by atoms with van der Waals surface area (Å²) in [5, 5.41) is 18.1. The summed E-state index contributed by atoms with van der Waals surface area (Å²) in [6.45, 7) is 5.58. The zero-order valence-corrected chi connectivity index (χ0v) is 13.9. The molecule has 0 spiro atoms. The first-order chi connectivity index (χ1) is 11.0. The molecule has 1 rings (SSSR count). The molecule has 0 aliphatic rings. The van der Waals surface area contributed by atoms with E-state index in [9.17, 15) is 5.11 Å². The Labute approximate surface area is 140 Å². The maximum absolute atomic E-state index is 9.44. The molecule has 0 fully saturated rings. The molecular formula is C19H29NO3. The second kappa shape index (κ2) is 18.0. The molecular weight excluding hydrogens is 290 g/mol. The van der Waals surface area contributed by atoms with Crippen LogP contribution < -0.4 is 5.73 Å². The minimum Gasteiger partial charge on any atom is -0.393 e. The van der Waals surface area contributed by atoms with Gasteiger partial charge in [0.05, 0.1) is 6.10 Å². The van der Waals surface area contributed by atoms with Gasteiger partial charge in [-0.25, -0.2) is 0 Å². The van der Waals surface area contributed by atoms with Crippen molar-refractivity contribution < 1.29 is 15.0 Å². The highest BCUT2D eigenvalue weighted by Crippen LogP contribution is 2.06. The molecule has 0 radical (unpaired) electrons. The van der Waals surface area contributed by atoms with E-state index in [0.29, 0.717) is 6.42 Å². The van der Waals surface area contributed by atoms with E-state index in [1.165, 1.54) is 5.56 Å². The van der Waals surface area contributed by atoms with Gasteiger partial charge in [0.15, 0.2) is 0 Å². The number of hydrogen-bond acceptors (Lipinski definition) is 3. The Morgan fingerprint density at radius 2 is 1.87 bits per heavy atom. The summed E-state index contributed by atoms with van der Waals surface area (Å²) in [7, 11) is 0. The van der Waals surface area contributed by atoms with Crippen LogP contribution in [0.4, 0.5) is 0 Å². The van der Waals surface area contributed by atoms with Crippen molar-refractivity contribution >= 4 is 6.41 Å². The number of amides is 1. The second-order valence-corrected chi connectivity index (χ2v) is 4.81. The van der Waals surface area contributed by atoms with Crippen LogP contribution in [0.3, 0.4) is 0 Å². The molecule has 0 bridgehead atoms. The molecule has 4 heteroatoms. The molecule has 23 heavy (non-hydrogen) atoms. The lowest BCUT2D eigenvalue weighted by Crippen LogP contribution is -2.05. The van der Waals surface area contributed by atoms with Gasteiger partial charge in [-0.3, -0.25) is 4.79 Å². The number of terminal acetylenes is 1. The van der Waals surface area contributed by atoms with Crippen molar-refractivity contribution in [2.45, 2.75) is 51.2 Å². The quantitative estimate of drug-likeness (QED) is 0.410. The lowest BCUT2D eigenvalue weighted by atomic mass is 10.1. The third kappa shape index (κ3) is 17.9. The molecule has 0 aromatic heterocycles. The van der Waals surface area contributed by atoms with Gasteiger partial charge < -0.3 is 15.9 Å². The van der Waals surface area contributed by atoms with E-state index in [2.05, 4.69) is 30.4 Å². The number of aliphatic hydroxyl groups excluding tert-OH is 2. The molecule has 0 heterocycles. The Morgan fingerprint density at radius 3 is 2.26 bits per heavy atom. The van der Waals surface area contributed by atoms with E-state index < -0.39 is 6.10 Å². The van der Waals surface area contributed by atoms with Gasteiger partial charge >= 0.3 is 0 Å².